The van der Waals surface area contributed by atoms with Gasteiger partial charge in [0.2, 0.25) is 5.89 Å². The number of carbonyl (C=O) groups excluding carboxylic acids is 1. The number of amides is 1. The zero-order valence-electron chi connectivity index (χ0n) is 14.6. The molecule has 0 atom stereocenters. The molecule has 1 N–H and O–H groups in total. The molecule has 1 aromatic heterocycles. The Balaban J connectivity index is 1.58. The fourth-order valence-corrected chi connectivity index (χ4v) is 2.81. The highest BCUT2D eigenvalue weighted by molar-refractivity contribution is 6.04. The van der Waals surface area contributed by atoms with Crippen LogP contribution in [-0.2, 0) is 0 Å². The van der Waals surface area contributed by atoms with E-state index >= 15 is 0 Å². The lowest BCUT2D eigenvalue weighted by molar-refractivity contribution is 0.102. The van der Waals surface area contributed by atoms with E-state index in [1.807, 2.05) is 61.5 Å². The molecule has 0 saturated heterocycles. The lowest BCUT2D eigenvalue weighted by Gasteiger charge is -2.06. The van der Waals surface area contributed by atoms with Crippen LogP contribution in [0.15, 0.2) is 59.0 Å². The third kappa shape index (κ3) is 3.47. The van der Waals surface area contributed by atoms with Crippen LogP contribution in [0.25, 0.3) is 11.5 Å². The van der Waals surface area contributed by atoms with Crippen LogP contribution < -0.4 is 10.1 Å². The number of aromatic nitrogens is 1. The normalized spacial score (nSPS) is 13.4. The molecule has 0 aliphatic heterocycles. The molecule has 26 heavy (non-hydrogen) atoms. The zero-order chi connectivity index (χ0) is 17.9. The molecule has 3 aromatic rings. The highest BCUT2D eigenvalue weighted by Gasteiger charge is 2.34. The van der Waals surface area contributed by atoms with E-state index in [0.29, 0.717) is 35.6 Å². The Morgan fingerprint density at radius 3 is 2.54 bits per heavy atom. The molecule has 0 spiro atoms. The van der Waals surface area contributed by atoms with Crippen LogP contribution in [0.4, 0.5) is 5.69 Å². The summed E-state index contributed by atoms with van der Waals surface area (Å²) in [4.78, 5) is 17.2. The molecule has 2 aromatic carbocycles. The van der Waals surface area contributed by atoms with E-state index in [9.17, 15) is 4.79 Å². The van der Waals surface area contributed by atoms with Gasteiger partial charge in [0, 0.05) is 17.2 Å². The van der Waals surface area contributed by atoms with Gasteiger partial charge in [-0.3, -0.25) is 4.79 Å². The van der Waals surface area contributed by atoms with Crippen molar-refractivity contribution < 1.29 is 13.9 Å². The Hall–Kier alpha value is -3.08. The number of nitrogens with zero attached hydrogens (tertiary/aromatic N) is 1. The Morgan fingerprint density at radius 2 is 1.88 bits per heavy atom. The summed E-state index contributed by atoms with van der Waals surface area (Å²) in [5, 5.41) is 2.90. The van der Waals surface area contributed by atoms with E-state index in [4.69, 9.17) is 9.15 Å². The first-order valence-electron chi connectivity index (χ1n) is 8.85. The average Bonchev–Trinajstić information content (AvgIpc) is 3.42. The topological polar surface area (TPSA) is 64.4 Å². The van der Waals surface area contributed by atoms with Gasteiger partial charge in [-0.15, -0.1) is 0 Å². The van der Waals surface area contributed by atoms with Gasteiger partial charge in [-0.25, -0.2) is 4.98 Å². The van der Waals surface area contributed by atoms with Crippen LogP contribution in [0.5, 0.6) is 5.75 Å². The lowest BCUT2D eigenvalue weighted by atomic mass is 10.2. The molecular weight excluding hydrogens is 328 g/mol. The fourth-order valence-electron chi connectivity index (χ4n) is 2.81. The highest BCUT2D eigenvalue weighted by atomic mass is 16.5. The first-order valence-corrected chi connectivity index (χ1v) is 8.85. The lowest BCUT2D eigenvalue weighted by Crippen LogP contribution is -2.14. The maximum absolute atomic E-state index is 12.8. The number of rotatable bonds is 6. The van der Waals surface area contributed by atoms with Crippen molar-refractivity contribution >= 4 is 11.6 Å². The maximum Gasteiger partial charge on any atom is 0.277 e. The molecule has 1 aliphatic rings. The fraction of sp³-hybridized carbons (Fsp3) is 0.238. The number of oxazole rings is 1. The summed E-state index contributed by atoms with van der Waals surface area (Å²) in [5.74, 6) is 2.00. The van der Waals surface area contributed by atoms with Crippen molar-refractivity contribution in [1.29, 1.82) is 0 Å². The monoisotopic (exact) mass is 348 g/mol. The summed E-state index contributed by atoms with van der Waals surface area (Å²) in [5.41, 5.74) is 1.94. The summed E-state index contributed by atoms with van der Waals surface area (Å²) in [6, 6.07) is 16.9. The van der Waals surface area contributed by atoms with E-state index in [1.54, 1.807) is 0 Å². The number of hydrogen-bond donors (Lipinski definition) is 1. The molecule has 1 amide bonds. The van der Waals surface area contributed by atoms with Crippen molar-refractivity contribution in [3.05, 3.63) is 66.1 Å². The summed E-state index contributed by atoms with van der Waals surface area (Å²) in [7, 11) is 0. The molecule has 1 aliphatic carbocycles. The van der Waals surface area contributed by atoms with E-state index in [2.05, 4.69) is 10.3 Å². The average molecular weight is 348 g/mol. The summed E-state index contributed by atoms with van der Waals surface area (Å²) < 4.78 is 11.4. The zero-order valence-corrected chi connectivity index (χ0v) is 14.6. The number of nitrogens with one attached hydrogen (secondary N) is 1. The SMILES string of the molecule is CCOc1ccc(NC(=O)c2nc(-c3ccccc3)oc2C2CC2)cc1. The van der Waals surface area contributed by atoms with Crippen molar-refractivity contribution in [3.63, 3.8) is 0 Å². The van der Waals surface area contributed by atoms with Crippen molar-refractivity contribution in [3.8, 4) is 17.2 Å². The Morgan fingerprint density at radius 1 is 1.15 bits per heavy atom. The quantitative estimate of drug-likeness (QED) is 0.690. The van der Waals surface area contributed by atoms with Gasteiger partial charge in [0.15, 0.2) is 5.69 Å². The second-order valence-corrected chi connectivity index (χ2v) is 6.28. The van der Waals surface area contributed by atoms with Gasteiger partial charge in [-0.05, 0) is 56.2 Å². The largest absolute Gasteiger partial charge is 0.494 e. The summed E-state index contributed by atoms with van der Waals surface area (Å²) >= 11 is 0. The van der Waals surface area contributed by atoms with Crippen LogP contribution in [0.3, 0.4) is 0 Å². The number of carbonyl (C=O) groups is 1. The second kappa shape index (κ2) is 7.04. The summed E-state index contributed by atoms with van der Waals surface area (Å²) in [6.07, 6.45) is 2.07. The third-order valence-electron chi connectivity index (χ3n) is 4.26. The van der Waals surface area contributed by atoms with Gasteiger partial charge in [0.1, 0.15) is 11.5 Å². The van der Waals surface area contributed by atoms with Crippen LogP contribution in [0.2, 0.25) is 0 Å². The first-order chi connectivity index (χ1) is 12.7. The molecular formula is C21H20N2O3. The van der Waals surface area contributed by atoms with Crippen molar-refractivity contribution in [2.24, 2.45) is 0 Å². The molecule has 1 fully saturated rings. The number of ether oxygens (including phenoxy) is 1. The Bertz CT molecular complexity index is 897. The van der Waals surface area contributed by atoms with Crippen molar-refractivity contribution in [2.75, 3.05) is 11.9 Å². The van der Waals surface area contributed by atoms with E-state index in [1.165, 1.54) is 0 Å². The van der Waals surface area contributed by atoms with Gasteiger partial charge in [0.05, 0.1) is 6.61 Å². The number of anilines is 1. The maximum atomic E-state index is 12.8. The molecule has 4 rings (SSSR count). The Kier molecular flexibility index (Phi) is 4.44. The molecule has 5 nitrogen and oxygen atoms in total. The molecule has 0 radical (unpaired) electrons. The first kappa shape index (κ1) is 16.4. The van der Waals surface area contributed by atoms with Crippen LogP contribution in [-0.4, -0.2) is 17.5 Å². The van der Waals surface area contributed by atoms with Gasteiger partial charge < -0.3 is 14.5 Å². The molecule has 1 saturated carbocycles. The van der Waals surface area contributed by atoms with Crippen LogP contribution in [0.1, 0.15) is 41.9 Å². The summed E-state index contributed by atoms with van der Waals surface area (Å²) in [6.45, 7) is 2.54. The number of hydrogen-bond acceptors (Lipinski definition) is 4. The molecule has 1 heterocycles. The minimum atomic E-state index is -0.248. The molecule has 132 valence electrons. The second-order valence-electron chi connectivity index (χ2n) is 6.28. The number of benzene rings is 2. The van der Waals surface area contributed by atoms with Gasteiger partial charge in [-0.2, -0.15) is 0 Å². The predicted octanol–water partition coefficient (Wildman–Crippen LogP) is 4.87. The Labute approximate surface area is 152 Å². The van der Waals surface area contributed by atoms with E-state index in [-0.39, 0.29) is 5.91 Å². The smallest absolute Gasteiger partial charge is 0.277 e. The van der Waals surface area contributed by atoms with Gasteiger partial charge >= 0.3 is 0 Å². The van der Waals surface area contributed by atoms with Crippen LogP contribution >= 0.6 is 0 Å². The van der Waals surface area contributed by atoms with Gasteiger partial charge in [-0.1, -0.05) is 18.2 Å². The minimum absolute atomic E-state index is 0.248. The molecule has 5 heteroatoms. The molecule has 0 unspecified atom stereocenters. The third-order valence-corrected chi connectivity index (χ3v) is 4.26. The van der Waals surface area contributed by atoms with Crippen LogP contribution in [0, 0.1) is 0 Å². The van der Waals surface area contributed by atoms with Crippen molar-refractivity contribution in [1.82, 2.24) is 4.98 Å². The van der Waals surface area contributed by atoms with E-state index < -0.39 is 0 Å². The standard InChI is InChI=1S/C21H20N2O3/c1-2-25-17-12-10-16(11-13-17)22-20(24)18-19(14-8-9-14)26-21(23-18)15-6-4-3-5-7-15/h3-7,10-14H,2,8-9H2,1H3,(H,22,24). The van der Waals surface area contributed by atoms with Crippen molar-refractivity contribution in [2.45, 2.75) is 25.7 Å². The molecule has 0 bridgehead atoms. The highest BCUT2D eigenvalue weighted by Crippen LogP contribution is 2.43. The van der Waals surface area contributed by atoms with E-state index in [0.717, 1.165) is 24.2 Å². The van der Waals surface area contributed by atoms with Gasteiger partial charge in [0.25, 0.3) is 5.91 Å². The minimum Gasteiger partial charge on any atom is -0.494 e. The predicted molar refractivity (Wildman–Crippen MR) is 99.5 cm³/mol.